The normalized spacial score (nSPS) is 16.3. The Kier molecular flexibility index (Phi) is 7.01. The fourth-order valence-electron chi connectivity index (χ4n) is 3.33. The molecule has 1 saturated carbocycles. The van der Waals surface area contributed by atoms with Crippen molar-refractivity contribution in [3.8, 4) is 0 Å². The van der Waals surface area contributed by atoms with Crippen molar-refractivity contribution in [3.63, 3.8) is 0 Å². The van der Waals surface area contributed by atoms with Gasteiger partial charge in [0.25, 0.3) is 0 Å². The minimum Gasteiger partial charge on any atom is -0.370 e. The summed E-state index contributed by atoms with van der Waals surface area (Å²) in [6, 6.07) is 10.1. The zero-order chi connectivity index (χ0) is 17.0. The van der Waals surface area contributed by atoms with Crippen molar-refractivity contribution in [3.05, 3.63) is 59.0 Å². The number of pyridine rings is 1. The van der Waals surface area contributed by atoms with Crippen molar-refractivity contribution in [2.24, 2.45) is 10.7 Å². The van der Waals surface area contributed by atoms with Gasteiger partial charge in [-0.25, -0.2) is 9.37 Å². The second-order valence-corrected chi connectivity index (χ2v) is 6.56. The highest BCUT2D eigenvalue weighted by Gasteiger charge is 2.37. The van der Waals surface area contributed by atoms with Crippen LogP contribution in [0.1, 0.15) is 31.2 Å². The molecule has 3 rings (SSSR count). The lowest BCUT2D eigenvalue weighted by molar-refractivity contribution is 0.453. The Hall–Kier alpha value is -1.41. The van der Waals surface area contributed by atoms with E-state index in [2.05, 4.69) is 15.3 Å². The molecule has 0 atom stereocenters. The molecule has 0 radical (unpaired) electrons. The summed E-state index contributed by atoms with van der Waals surface area (Å²) in [7, 11) is 0. The first-order valence-corrected chi connectivity index (χ1v) is 8.40. The summed E-state index contributed by atoms with van der Waals surface area (Å²) in [4.78, 5) is 8.67. The fraction of sp³-hybridized carbons (Fsp3) is 0.333. The van der Waals surface area contributed by atoms with Crippen LogP contribution in [-0.2, 0) is 5.41 Å². The summed E-state index contributed by atoms with van der Waals surface area (Å²) >= 11 is 6.30. The summed E-state index contributed by atoms with van der Waals surface area (Å²) in [6.45, 7) is 0.518. The zero-order valence-electron chi connectivity index (χ0n) is 13.7. The minimum atomic E-state index is -0.322. The second-order valence-electron chi connectivity index (χ2n) is 6.15. The van der Waals surface area contributed by atoms with Gasteiger partial charge in [0.05, 0.1) is 6.54 Å². The van der Waals surface area contributed by atoms with Crippen LogP contribution < -0.4 is 11.1 Å². The van der Waals surface area contributed by atoms with Gasteiger partial charge in [0.15, 0.2) is 5.96 Å². The van der Waals surface area contributed by atoms with Gasteiger partial charge in [0, 0.05) is 16.6 Å². The smallest absolute Gasteiger partial charge is 0.194 e. The predicted molar refractivity (Wildman–Crippen MR) is 111 cm³/mol. The zero-order valence-corrected chi connectivity index (χ0v) is 16.8. The Bertz CT molecular complexity index is 733. The first-order valence-electron chi connectivity index (χ1n) is 8.03. The highest BCUT2D eigenvalue weighted by molar-refractivity contribution is 14.0. The summed E-state index contributed by atoms with van der Waals surface area (Å²) in [5.74, 6) is 0.647. The molecule has 1 aliphatic carbocycles. The van der Waals surface area contributed by atoms with E-state index in [0.717, 1.165) is 31.2 Å². The van der Waals surface area contributed by atoms with Gasteiger partial charge in [-0.3, -0.25) is 4.99 Å². The Morgan fingerprint density at radius 2 is 2.04 bits per heavy atom. The SMILES string of the molecule is I.NC(=NCC1(c2ccc(F)cc2Cl)CCCC1)Nc1ccccn1. The van der Waals surface area contributed by atoms with E-state index in [1.165, 1.54) is 12.1 Å². The van der Waals surface area contributed by atoms with E-state index in [0.29, 0.717) is 23.3 Å². The van der Waals surface area contributed by atoms with Gasteiger partial charge >= 0.3 is 0 Å². The van der Waals surface area contributed by atoms with Crippen LogP contribution in [0.15, 0.2) is 47.6 Å². The maximum absolute atomic E-state index is 13.4. The fourth-order valence-corrected chi connectivity index (χ4v) is 3.70. The maximum Gasteiger partial charge on any atom is 0.194 e. The number of nitrogens with two attached hydrogens (primary N) is 1. The van der Waals surface area contributed by atoms with Gasteiger partial charge in [0.1, 0.15) is 11.6 Å². The van der Waals surface area contributed by atoms with E-state index < -0.39 is 0 Å². The number of guanidine groups is 1. The van der Waals surface area contributed by atoms with Crippen LogP contribution >= 0.6 is 35.6 Å². The molecule has 0 saturated heterocycles. The molecule has 1 heterocycles. The predicted octanol–water partition coefficient (Wildman–Crippen LogP) is 4.73. The standard InChI is InChI=1S/C18H20ClFN4.HI/c19-15-11-13(20)6-7-14(15)18(8-2-3-9-18)12-23-17(21)24-16-5-1-4-10-22-16;/h1,4-7,10-11H,2-3,8-9,12H2,(H3,21,22,23,24);1H. The number of rotatable bonds is 4. The van der Waals surface area contributed by atoms with Crippen molar-refractivity contribution in [2.45, 2.75) is 31.1 Å². The van der Waals surface area contributed by atoms with E-state index in [-0.39, 0.29) is 35.2 Å². The van der Waals surface area contributed by atoms with Crippen molar-refractivity contribution in [1.82, 2.24) is 4.98 Å². The summed E-state index contributed by atoms with van der Waals surface area (Å²) in [5.41, 5.74) is 6.77. The number of benzene rings is 1. The van der Waals surface area contributed by atoms with Crippen LogP contribution in [-0.4, -0.2) is 17.5 Å². The number of anilines is 1. The molecule has 7 heteroatoms. The largest absolute Gasteiger partial charge is 0.370 e. The van der Waals surface area contributed by atoms with Gasteiger partial charge < -0.3 is 11.1 Å². The maximum atomic E-state index is 13.4. The van der Waals surface area contributed by atoms with Crippen LogP contribution in [0.5, 0.6) is 0 Å². The molecule has 25 heavy (non-hydrogen) atoms. The van der Waals surface area contributed by atoms with E-state index in [9.17, 15) is 4.39 Å². The number of nitrogens with zero attached hydrogens (tertiary/aromatic N) is 2. The molecule has 2 aromatic rings. The molecule has 0 bridgehead atoms. The molecule has 134 valence electrons. The van der Waals surface area contributed by atoms with Crippen molar-refractivity contribution >= 4 is 47.4 Å². The minimum absolute atomic E-state index is 0. The van der Waals surface area contributed by atoms with Crippen LogP contribution in [0.2, 0.25) is 5.02 Å². The number of nitrogens with one attached hydrogen (secondary N) is 1. The summed E-state index contributed by atoms with van der Waals surface area (Å²) < 4.78 is 13.4. The molecule has 1 fully saturated rings. The first kappa shape index (κ1) is 19.9. The van der Waals surface area contributed by atoms with Gasteiger partial charge in [-0.1, -0.05) is 36.6 Å². The molecule has 0 amide bonds. The number of halogens is 3. The Labute approximate surface area is 169 Å². The Morgan fingerprint density at radius 3 is 2.68 bits per heavy atom. The topological polar surface area (TPSA) is 63.3 Å². The lowest BCUT2D eigenvalue weighted by Crippen LogP contribution is -2.30. The molecule has 1 aliphatic rings. The van der Waals surface area contributed by atoms with E-state index in [1.807, 2.05) is 18.2 Å². The van der Waals surface area contributed by atoms with Gasteiger partial charge in [0.2, 0.25) is 0 Å². The molecule has 1 aromatic heterocycles. The van der Waals surface area contributed by atoms with Crippen LogP contribution in [0.25, 0.3) is 0 Å². The van der Waals surface area contributed by atoms with Crippen LogP contribution in [0.3, 0.4) is 0 Å². The average molecular weight is 475 g/mol. The van der Waals surface area contributed by atoms with Gasteiger partial charge in [-0.15, -0.1) is 24.0 Å². The van der Waals surface area contributed by atoms with Crippen molar-refractivity contribution in [2.75, 3.05) is 11.9 Å². The average Bonchev–Trinajstić information content (AvgIpc) is 3.04. The van der Waals surface area contributed by atoms with E-state index in [4.69, 9.17) is 17.3 Å². The third-order valence-electron chi connectivity index (χ3n) is 4.54. The van der Waals surface area contributed by atoms with Crippen LogP contribution in [0.4, 0.5) is 10.2 Å². The molecule has 1 aromatic carbocycles. The third-order valence-corrected chi connectivity index (χ3v) is 4.85. The number of hydrogen-bond acceptors (Lipinski definition) is 2. The molecule has 0 aliphatic heterocycles. The molecule has 4 nitrogen and oxygen atoms in total. The number of hydrogen-bond donors (Lipinski definition) is 2. The lowest BCUT2D eigenvalue weighted by Gasteiger charge is -2.29. The second kappa shape index (κ2) is 8.80. The highest BCUT2D eigenvalue weighted by Crippen LogP contribution is 2.44. The molecule has 0 unspecified atom stereocenters. The Morgan fingerprint density at radius 1 is 1.28 bits per heavy atom. The van der Waals surface area contributed by atoms with Gasteiger partial charge in [-0.2, -0.15) is 0 Å². The summed E-state index contributed by atoms with van der Waals surface area (Å²) in [6.07, 6.45) is 5.84. The van der Waals surface area contributed by atoms with Crippen molar-refractivity contribution < 1.29 is 4.39 Å². The lowest BCUT2D eigenvalue weighted by atomic mass is 9.79. The Balaban J connectivity index is 0.00000225. The first-order chi connectivity index (χ1) is 11.6. The number of aromatic nitrogens is 1. The quantitative estimate of drug-likeness (QED) is 0.382. The highest BCUT2D eigenvalue weighted by atomic mass is 127. The van der Waals surface area contributed by atoms with Crippen LogP contribution in [0, 0.1) is 5.82 Å². The molecular formula is C18H21ClFIN4. The van der Waals surface area contributed by atoms with E-state index in [1.54, 1.807) is 12.3 Å². The summed E-state index contributed by atoms with van der Waals surface area (Å²) in [5, 5.41) is 3.44. The molecule has 3 N–H and O–H groups in total. The molecule has 0 spiro atoms. The van der Waals surface area contributed by atoms with Crippen molar-refractivity contribution in [1.29, 1.82) is 0 Å². The monoisotopic (exact) mass is 474 g/mol. The third kappa shape index (κ3) is 4.82. The number of aliphatic imine (C=N–C) groups is 1. The van der Waals surface area contributed by atoms with E-state index >= 15 is 0 Å². The molecular weight excluding hydrogens is 454 g/mol. The van der Waals surface area contributed by atoms with Gasteiger partial charge in [-0.05, 0) is 42.7 Å².